The third-order valence-corrected chi connectivity index (χ3v) is 3.48. The molecule has 1 saturated heterocycles. The smallest absolute Gasteiger partial charge is 0.330 e. The Balaban J connectivity index is 2.19. The zero-order chi connectivity index (χ0) is 14.0. The maximum atomic E-state index is 13.4. The van der Waals surface area contributed by atoms with Gasteiger partial charge in [-0.2, -0.15) is 13.2 Å². The van der Waals surface area contributed by atoms with E-state index in [4.69, 9.17) is 5.73 Å². The van der Waals surface area contributed by atoms with Gasteiger partial charge in [0.05, 0.1) is 5.56 Å². The van der Waals surface area contributed by atoms with Crippen LogP contribution in [0.3, 0.4) is 0 Å². The number of rotatable bonds is 3. The Kier molecular flexibility index (Phi) is 4.10. The van der Waals surface area contributed by atoms with Gasteiger partial charge in [0.25, 0.3) is 0 Å². The minimum Gasteiger partial charge on any atom is -0.330 e. The second-order valence-corrected chi connectivity index (χ2v) is 4.90. The van der Waals surface area contributed by atoms with Crippen LogP contribution in [0.5, 0.6) is 0 Å². The van der Waals surface area contributed by atoms with Gasteiger partial charge in [-0.3, -0.25) is 4.90 Å². The van der Waals surface area contributed by atoms with Gasteiger partial charge in [0.2, 0.25) is 0 Å². The number of nitrogens with zero attached hydrogens (tertiary/aromatic N) is 1. The zero-order valence-electron chi connectivity index (χ0n) is 10.4. The van der Waals surface area contributed by atoms with Crippen molar-refractivity contribution in [2.45, 2.75) is 19.1 Å². The van der Waals surface area contributed by atoms with Crippen LogP contribution in [-0.4, -0.2) is 24.5 Å². The number of hydrogen-bond acceptors (Lipinski definition) is 2. The Morgan fingerprint density at radius 2 is 2.05 bits per heavy atom. The number of hydrogen-bond donors (Lipinski definition) is 1. The molecule has 6 heteroatoms. The maximum Gasteiger partial charge on any atom is 0.419 e. The van der Waals surface area contributed by atoms with E-state index in [0.717, 1.165) is 12.5 Å². The molecule has 0 radical (unpaired) electrons. The standard InChI is InChI=1S/C13H16F4N2/c14-11-3-1-2-10(12(11)13(15,16)17)8-19-5-4-9(6-18)7-19/h1-3,9H,4-8,18H2. The summed E-state index contributed by atoms with van der Waals surface area (Å²) in [5, 5.41) is 0. The van der Waals surface area contributed by atoms with E-state index in [9.17, 15) is 17.6 Å². The molecule has 2 nitrogen and oxygen atoms in total. The van der Waals surface area contributed by atoms with Crippen LogP contribution in [0.25, 0.3) is 0 Å². The Bertz CT molecular complexity index is 445. The first-order chi connectivity index (χ1) is 8.91. The lowest BCUT2D eigenvalue weighted by atomic mass is 10.1. The minimum atomic E-state index is -4.66. The van der Waals surface area contributed by atoms with Crippen molar-refractivity contribution in [3.05, 3.63) is 35.1 Å². The first-order valence-electron chi connectivity index (χ1n) is 6.19. The first-order valence-corrected chi connectivity index (χ1v) is 6.19. The number of halogens is 4. The molecule has 1 aromatic carbocycles. The lowest BCUT2D eigenvalue weighted by molar-refractivity contribution is -0.140. The highest BCUT2D eigenvalue weighted by molar-refractivity contribution is 5.31. The Labute approximate surface area is 109 Å². The van der Waals surface area contributed by atoms with Crippen LogP contribution in [0.4, 0.5) is 17.6 Å². The van der Waals surface area contributed by atoms with Crippen molar-refractivity contribution in [3.63, 3.8) is 0 Å². The molecule has 2 rings (SSSR count). The van der Waals surface area contributed by atoms with Crippen molar-refractivity contribution >= 4 is 0 Å². The molecule has 1 atom stereocenters. The molecule has 0 spiro atoms. The van der Waals surface area contributed by atoms with Crippen molar-refractivity contribution in [1.29, 1.82) is 0 Å². The highest BCUT2D eigenvalue weighted by atomic mass is 19.4. The lowest BCUT2D eigenvalue weighted by Gasteiger charge is -2.19. The monoisotopic (exact) mass is 276 g/mol. The van der Waals surface area contributed by atoms with Crippen molar-refractivity contribution in [3.8, 4) is 0 Å². The van der Waals surface area contributed by atoms with Crippen LogP contribution >= 0.6 is 0 Å². The van der Waals surface area contributed by atoms with E-state index >= 15 is 0 Å². The highest BCUT2D eigenvalue weighted by Gasteiger charge is 2.37. The summed E-state index contributed by atoms with van der Waals surface area (Å²) in [5.41, 5.74) is 4.39. The molecule has 1 unspecified atom stereocenters. The lowest BCUT2D eigenvalue weighted by Crippen LogP contribution is -2.24. The fourth-order valence-electron chi connectivity index (χ4n) is 2.51. The molecule has 1 aromatic rings. The number of likely N-dealkylation sites (tertiary alicyclic amines) is 1. The van der Waals surface area contributed by atoms with Gasteiger partial charge in [-0.1, -0.05) is 12.1 Å². The van der Waals surface area contributed by atoms with E-state index in [1.807, 2.05) is 4.90 Å². The van der Waals surface area contributed by atoms with Crippen molar-refractivity contribution in [1.82, 2.24) is 4.90 Å². The van der Waals surface area contributed by atoms with Gasteiger partial charge < -0.3 is 5.73 Å². The summed E-state index contributed by atoms with van der Waals surface area (Å²) in [6.07, 6.45) is -3.78. The summed E-state index contributed by atoms with van der Waals surface area (Å²) >= 11 is 0. The summed E-state index contributed by atoms with van der Waals surface area (Å²) in [5.74, 6) is -0.887. The van der Waals surface area contributed by atoms with E-state index in [2.05, 4.69) is 0 Å². The maximum absolute atomic E-state index is 13.4. The van der Waals surface area contributed by atoms with E-state index in [1.54, 1.807) is 0 Å². The second-order valence-electron chi connectivity index (χ2n) is 4.90. The van der Waals surface area contributed by atoms with Gasteiger partial charge in [-0.15, -0.1) is 0 Å². The summed E-state index contributed by atoms with van der Waals surface area (Å²) in [6, 6.07) is 3.50. The number of alkyl halides is 3. The average molecular weight is 276 g/mol. The topological polar surface area (TPSA) is 29.3 Å². The molecule has 106 valence electrons. The number of nitrogens with two attached hydrogens (primary N) is 1. The Morgan fingerprint density at radius 1 is 1.32 bits per heavy atom. The SMILES string of the molecule is NCC1CCN(Cc2cccc(F)c2C(F)(F)F)C1. The van der Waals surface area contributed by atoms with E-state index in [0.29, 0.717) is 25.6 Å². The summed E-state index contributed by atoms with van der Waals surface area (Å²) in [6.45, 7) is 2.02. The van der Waals surface area contributed by atoms with Crippen molar-refractivity contribution in [2.24, 2.45) is 11.7 Å². The van der Waals surface area contributed by atoms with Crippen LogP contribution < -0.4 is 5.73 Å². The molecule has 1 aliphatic heterocycles. The molecule has 0 aliphatic carbocycles. The van der Waals surface area contributed by atoms with Crippen LogP contribution in [0.15, 0.2) is 18.2 Å². The largest absolute Gasteiger partial charge is 0.419 e. The van der Waals surface area contributed by atoms with Gasteiger partial charge in [0.1, 0.15) is 5.82 Å². The minimum absolute atomic E-state index is 0.00910. The van der Waals surface area contributed by atoms with Gasteiger partial charge in [0.15, 0.2) is 0 Å². The molecule has 1 aliphatic rings. The van der Waals surface area contributed by atoms with E-state index in [1.165, 1.54) is 12.1 Å². The molecule has 0 saturated carbocycles. The fraction of sp³-hybridized carbons (Fsp3) is 0.538. The van der Waals surface area contributed by atoms with E-state index in [-0.39, 0.29) is 12.1 Å². The molecule has 0 aromatic heterocycles. The van der Waals surface area contributed by atoms with Crippen molar-refractivity contribution in [2.75, 3.05) is 19.6 Å². The molecule has 19 heavy (non-hydrogen) atoms. The molecule has 1 fully saturated rings. The summed E-state index contributed by atoms with van der Waals surface area (Å²) in [7, 11) is 0. The van der Waals surface area contributed by atoms with Gasteiger partial charge in [-0.25, -0.2) is 4.39 Å². The molecule has 2 N–H and O–H groups in total. The molecule has 1 heterocycles. The Morgan fingerprint density at radius 3 is 2.63 bits per heavy atom. The van der Waals surface area contributed by atoms with Crippen LogP contribution in [0.2, 0.25) is 0 Å². The molecule has 0 amide bonds. The summed E-state index contributed by atoms with van der Waals surface area (Å²) < 4.78 is 51.9. The number of benzene rings is 1. The van der Waals surface area contributed by atoms with Gasteiger partial charge in [-0.05, 0) is 37.1 Å². The van der Waals surface area contributed by atoms with Crippen LogP contribution in [-0.2, 0) is 12.7 Å². The van der Waals surface area contributed by atoms with Crippen molar-refractivity contribution < 1.29 is 17.6 Å². The zero-order valence-corrected chi connectivity index (χ0v) is 10.4. The fourth-order valence-corrected chi connectivity index (χ4v) is 2.51. The molecular formula is C13H16F4N2. The quantitative estimate of drug-likeness (QED) is 0.860. The third kappa shape index (κ3) is 3.25. The average Bonchev–Trinajstić information content (AvgIpc) is 2.75. The van der Waals surface area contributed by atoms with E-state index < -0.39 is 17.6 Å². The van der Waals surface area contributed by atoms with Gasteiger partial charge in [0, 0.05) is 13.1 Å². The Hall–Kier alpha value is -1.14. The predicted molar refractivity (Wildman–Crippen MR) is 63.8 cm³/mol. The van der Waals surface area contributed by atoms with Crippen LogP contribution in [0.1, 0.15) is 17.5 Å². The third-order valence-electron chi connectivity index (χ3n) is 3.48. The summed E-state index contributed by atoms with van der Waals surface area (Å²) in [4.78, 5) is 1.89. The molecular weight excluding hydrogens is 260 g/mol. The highest BCUT2D eigenvalue weighted by Crippen LogP contribution is 2.35. The molecule has 0 bridgehead atoms. The predicted octanol–water partition coefficient (Wildman–Crippen LogP) is 2.63. The normalized spacial score (nSPS) is 21.0. The van der Waals surface area contributed by atoms with Crippen LogP contribution in [0, 0.1) is 11.7 Å². The van der Waals surface area contributed by atoms with Gasteiger partial charge >= 0.3 is 6.18 Å². The second kappa shape index (κ2) is 5.46. The first kappa shape index (κ1) is 14.3.